The van der Waals surface area contributed by atoms with E-state index in [4.69, 9.17) is 32.7 Å². The molecule has 0 radical (unpaired) electrons. The van der Waals surface area contributed by atoms with E-state index < -0.39 is 17.4 Å². The molecular formula is C24H20Cl2O4. The van der Waals surface area contributed by atoms with Gasteiger partial charge >= 0.3 is 11.9 Å². The van der Waals surface area contributed by atoms with E-state index in [9.17, 15) is 9.59 Å². The SMILES string of the molecule is CC(c1ccccc1)(c1ccc(OC(=O)CCl)cc1)c1ccc(OC(=O)CCl)cc1. The molecule has 0 aliphatic heterocycles. The summed E-state index contributed by atoms with van der Waals surface area (Å²) in [6.45, 7) is 2.11. The number of carbonyl (C=O) groups excluding carboxylic acids is 2. The first-order valence-electron chi connectivity index (χ1n) is 9.27. The van der Waals surface area contributed by atoms with Crippen molar-refractivity contribution in [2.75, 3.05) is 11.8 Å². The van der Waals surface area contributed by atoms with Gasteiger partial charge in [-0.05, 0) is 47.9 Å². The number of esters is 2. The zero-order valence-electron chi connectivity index (χ0n) is 16.3. The molecule has 0 bridgehead atoms. The average molecular weight is 443 g/mol. The first-order chi connectivity index (χ1) is 14.5. The van der Waals surface area contributed by atoms with Crippen LogP contribution in [-0.2, 0) is 15.0 Å². The lowest BCUT2D eigenvalue weighted by molar-refractivity contribution is -0.132. The highest BCUT2D eigenvalue weighted by molar-refractivity contribution is 6.26. The number of rotatable bonds is 7. The average Bonchev–Trinajstić information content (AvgIpc) is 2.80. The van der Waals surface area contributed by atoms with E-state index in [1.54, 1.807) is 24.3 Å². The van der Waals surface area contributed by atoms with Crippen molar-refractivity contribution < 1.29 is 19.1 Å². The van der Waals surface area contributed by atoms with Crippen LogP contribution >= 0.6 is 23.2 Å². The van der Waals surface area contributed by atoms with Crippen molar-refractivity contribution in [2.45, 2.75) is 12.3 Å². The fourth-order valence-electron chi connectivity index (χ4n) is 3.30. The summed E-state index contributed by atoms with van der Waals surface area (Å²) in [5.41, 5.74) is 2.60. The van der Waals surface area contributed by atoms with Crippen LogP contribution < -0.4 is 9.47 Å². The Kier molecular flexibility index (Phi) is 7.14. The minimum Gasteiger partial charge on any atom is -0.426 e. The Bertz CT molecular complexity index is 938. The first-order valence-corrected chi connectivity index (χ1v) is 10.3. The van der Waals surface area contributed by atoms with Gasteiger partial charge in [-0.15, -0.1) is 23.2 Å². The molecule has 3 rings (SSSR count). The van der Waals surface area contributed by atoms with Crippen molar-refractivity contribution >= 4 is 35.1 Å². The van der Waals surface area contributed by atoms with E-state index in [1.807, 2.05) is 42.5 Å². The van der Waals surface area contributed by atoms with Crippen LogP contribution in [0.2, 0.25) is 0 Å². The van der Waals surface area contributed by atoms with Crippen LogP contribution in [0.4, 0.5) is 0 Å². The van der Waals surface area contributed by atoms with E-state index in [-0.39, 0.29) is 11.8 Å². The summed E-state index contributed by atoms with van der Waals surface area (Å²) in [6.07, 6.45) is 0. The minimum absolute atomic E-state index is 0.204. The number of hydrogen-bond donors (Lipinski definition) is 0. The molecule has 3 aromatic carbocycles. The molecule has 0 N–H and O–H groups in total. The van der Waals surface area contributed by atoms with Crippen molar-refractivity contribution in [1.29, 1.82) is 0 Å². The van der Waals surface area contributed by atoms with Gasteiger partial charge in [0.25, 0.3) is 0 Å². The van der Waals surface area contributed by atoms with Crippen LogP contribution in [0, 0.1) is 0 Å². The van der Waals surface area contributed by atoms with Crippen LogP contribution in [0.1, 0.15) is 23.6 Å². The molecule has 0 spiro atoms. The number of hydrogen-bond acceptors (Lipinski definition) is 4. The van der Waals surface area contributed by atoms with Gasteiger partial charge in [-0.1, -0.05) is 54.6 Å². The Balaban J connectivity index is 2.00. The number of ether oxygens (including phenoxy) is 2. The monoisotopic (exact) mass is 442 g/mol. The second-order valence-electron chi connectivity index (χ2n) is 6.76. The third kappa shape index (κ3) is 4.84. The van der Waals surface area contributed by atoms with Gasteiger partial charge in [0.15, 0.2) is 0 Å². The number of halogens is 2. The van der Waals surface area contributed by atoms with Crippen LogP contribution in [-0.4, -0.2) is 23.7 Å². The summed E-state index contributed by atoms with van der Waals surface area (Å²) < 4.78 is 10.4. The first kappa shape index (κ1) is 21.9. The molecule has 0 aliphatic carbocycles. The lowest BCUT2D eigenvalue weighted by Gasteiger charge is -2.32. The molecule has 154 valence electrons. The van der Waals surface area contributed by atoms with Gasteiger partial charge in [-0.3, -0.25) is 9.59 Å². The Morgan fingerprint density at radius 1 is 0.667 bits per heavy atom. The van der Waals surface area contributed by atoms with Crippen LogP contribution in [0.15, 0.2) is 78.9 Å². The highest BCUT2D eigenvalue weighted by Gasteiger charge is 2.31. The van der Waals surface area contributed by atoms with E-state index in [0.717, 1.165) is 16.7 Å². The molecule has 0 aliphatic rings. The summed E-state index contributed by atoms with van der Waals surface area (Å²) in [4.78, 5) is 22.9. The van der Waals surface area contributed by atoms with Crippen molar-refractivity contribution in [3.05, 3.63) is 95.6 Å². The zero-order valence-corrected chi connectivity index (χ0v) is 17.8. The van der Waals surface area contributed by atoms with Crippen LogP contribution in [0.25, 0.3) is 0 Å². The summed E-state index contributed by atoms with van der Waals surface area (Å²) in [7, 11) is 0. The summed E-state index contributed by atoms with van der Waals surface area (Å²) in [6, 6.07) is 24.7. The summed E-state index contributed by atoms with van der Waals surface area (Å²) in [5, 5.41) is 0. The minimum atomic E-state index is -0.502. The summed E-state index contributed by atoms with van der Waals surface area (Å²) >= 11 is 11.0. The molecule has 0 atom stereocenters. The van der Waals surface area contributed by atoms with E-state index in [2.05, 4.69) is 19.1 Å². The molecule has 6 heteroatoms. The Labute approximate surface area is 185 Å². The quantitative estimate of drug-likeness (QED) is 0.214. The Morgan fingerprint density at radius 3 is 1.40 bits per heavy atom. The van der Waals surface area contributed by atoms with Crippen molar-refractivity contribution in [3.63, 3.8) is 0 Å². The van der Waals surface area contributed by atoms with E-state index in [1.165, 1.54) is 0 Å². The fraction of sp³-hybridized carbons (Fsp3) is 0.167. The molecule has 4 nitrogen and oxygen atoms in total. The molecular weight excluding hydrogens is 423 g/mol. The maximum absolute atomic E-state index is 11.4. The molecule has 0 saturated heterocycles. The predicted molar refractivity (Wildman–Crippen MR) is 118 cm³/mol. The molecule has 0 aromatic heterocycles. The van der Waals surface area contributed by atoms with Crippen LogP contribution in [0.3, 0.4) is 0 Å². The van der Waals surface area contributed by atoms with Crippen LogP contribution in [0.5, 0.6) is 11.5 Å². The molecule has 0 amide bonds. The molecule has 0 fully saturated rings. The number of carbonyl (C=O) groups is 2. The highest BCUT2D eigenvalue weighted by Crippen LogP contribution is 2.39. The fourth-order valence-corrected chi connectivity index (χ4v) is 3.41. The Morgan fingerprint density at radius 2 is 1.03 bits per heavy atom. The smallest absolute Gasteiger partial charge is 0.326 e. The third-order valence-corrected chi connectivity index (χ3v) is 5.33. The molecule has 3 aromatic rings. The zero-order chi connectivity index (χ0) is 21.6. The third-order valence-electron chi connectivity index (χ3n) is 4.90. The standard InChI is InChI=1S/C24H20Cl2O4/c1-24(17-5-3-2-4-6-17,18-7-11-20(12-8-18)29-22(27)15-25)19-9-13-21(14-10-19)30-23(28)16-26/h2-14H,15-16H2,1H3. The lowest BCUT2D eigenvalue weighted by atomic mass is 9.71. The highest BCUT2D eigenvalue weighted by atomic mass is 35.5. The van der Waals surface area contributed by atoms with Gasteiger partial charge in [0.1, 0.15) is 23.3 Å². The van der Waals surface area contributed by atoms with E-state index >= 15 is 0 Å². The second-order valence-corrected chi connectivity index (χ2v) is 7.29. The molecule has 30 heavy (non-hydrogen) atoms. The second kappa shape index (κ2) is 9.79. The molecule has 0 saturated carbocycles. The van der Waals surface area contributed by atoms with Gasteiger partial charge in [-0.25, -0.2) is 0 Å². The van der Waals surface area contributed by atoms with Gasteiger partial charge in [0.2, 0.25) is 0 Å². The Hall–Kier alpha value is -2.82. The number of alkyl halides is 2. The van der Waals surface area contributed by atoms with Gasteiger partial charge in [0, 0.05) is 5.41 Å². The largest absolute Gasteiger partial charge is 0.426 e. The number of benzene rings is 3. The maximum atomic E-state index is 11.4. The van der Waals surface area contributed by atoms with Crippen molar-refractivity contribution in [3.8, 4) is 11.5 Å². The predicted octanol–water partition coefficient (Wildman–Crippen LogP) is 5.33. The topological polar surface area (TPSA) is 52.6 Å². The van der Waals surface area contributed by atoms with Gasteiger partial charge in [0.05, 0.1) is 0 Å². The van der Waals surface area contributed by atoms with Gasteiger partial charge in [-0.2, -0.15) is 0 Å². The lowest BCUT2D eigenvalue weighted by Crippen LogP contribution is -2.25. The van der Waals surface area contributed by atoms with Crippen molar-refractivity contribution in [2.24, 2.45) is 0 Å². The maximum Gasteiger partial charge on any atom is 0.326 e. The van der Waals surface area contributed by atoms with Crippen molar-refractivity contribution in [1.82, 2.24) is 0 Å². The van der Waals surface area contributed by atoms with E-state index in [0.29, 0.717) is 11.5 Å². The molecule has 0 unspecified atom stereocenters. The van der Waals surface area contributed by atoms with Gasteiger partial charge < -0.3 is 9.47 Å². The normalized spacial score (nSPS) is 11.0. The summed E-state index contributed by atoms with van der Waals surface area (Å²) in [5.74, 6) is -0.547. The molecule has 0 heterocycles.